The third-order valence-corrected chi connectivity index (χ3v) is 2.36. The zero-order chi connectivity index (χ0) is 12.8. The smallest absolute Gasteiger partial charge is 0.165 e. The van der Waals surface area contributed by atoms with E-state index in [2.05, 4.69) is 10.1 Å². The first-order valence-electron chi connectivity index (χ1n) is 5.23. The van der Waals surface area contributed by atoms with Crippen LogP contribution < -0.4 is 10.1 Å². The average Bonchev–Trinajstić information content (AvgIpc) is 2.32. The van der Waals surface area contributed by atoms with E-state index in [0.717, 1.165) is 12.1 Å². The van der Waals surface area contributed by atoms with E-state index in [-0.39, 0.29) is 17.4 Å². The summed E-state index contributed by atoms with van der Waals surface area (Å²) in [6.45, 7) is 2.11. The molecule has 1 atom stereocenters. The minimum Gasteiger partial charge on any atom is -0.494 e. The van der Waals surface area contributed by atoms with Gasteiger partial charge in [-0.2, -0.15) is 5.26 Å². The fraction of sp³-hybridized carbons (Fsp3) is 0.417. The minimum absolute atomic E-state index is 0.107. The van der Waals surface area contributed by atoms with E-state index < -0.39 is 11.6 Å². The SMILES string of the molecule is COc1cc(F)c(CCNC(C)C#N)cc1F. The largest absolute Gasteiger partial charge is 0.494 e. The van der Waals surface area contributed by atoms with E-state index >= 15 is 0 Å². The molecule has 1 N–H and O–H groups in total. The first-order valence-corrected chi connectivity index (χ1v) is 5.23. The molecular weight excluding hydrogens is 226 g/mol. The minimum atomic E-state index is -0.586. The standard InChI is InChI=1S/C12H14F2N2O/c1-8(7-15)16-4-3-9-5-11(14)12(17-2)6-10(9)13/h5-6,8,16H,3-4H2,1-2H3. The van der Waals surface area contributed by atoms with Crippen molar-refractivity contribution in [2.75, 3.05) is 13.7 Å². The van der Waals surface area contributed by atoms with Crippen LogP contribution >= 0.6 is 0 Å². The van der Waals surface area contributed by atoms with Crippen molar-refractivity contribution >= 4 is 0 Å². The van der Waals surface area contributed by atoms with Crippen molar-refractivity contribution in [3.63, 3.8) is 0 Å². The number of rotatable bonds is 5. The Morgan fingerprint density at radius 3 is 2.71 bits per heavy atom. The van der Waals surface area contributed by atoms with Crippen molar-refractivity contribution in [3.05, 3.63) is 29.3 Å². The molecule has 0 bridgehead atoms. The molecule has 0 spiro atoms. The summed E-state index contributed by atoms with van der Waals surface area (Å²) < 4.78 is 31.5. The molecule has 0 aliphatic carbocycles. The quantitative estimate of drug-likeness (QED) is 0.856. The Hall–Kier alpha value is -1.67. The third-order valence-electron chi connectivity index (χ3n) is 2.36. The molecule has 17 heavy (non-hydrogen) atoms. The topological polar surface area (TPSA) is 45.0 Å². The second-order valence-corrected chi connectivity index (χ2v) is 3.63. The van der Waals surface area contributed by atoms with Crippen LogP contribution in [0.4, 0.5) is 8.78 Å². The number of hydrogen-bond acceptors (Lipinski definition) is 3. The van der Waals surface area contributed by atoms with Crippen LogP contribution in [0.25, 0.3) is 0 Å². The molecule has 1 unspecified atom stereocenters. The van der Waals surface area contributed by atoms with Crippen molar-refractivity contribution < 1.29 is 13.5 Å². The molecule has 0 aliphatic rings. The van der Waals surface area contributed by atoms with E-state index in [1.54, 1.807) is 6.92 Å². The van der Waals surface area contributed by atoms with Crippen LogP contribution in [0.2, 0.25) is 0 Å². The zero-order valence-corrected chi connectivity index (χ0v) is 9.76. The van der Waals surface area contributed by atoms with Gasteiger partial charge in [0, 0.05) is 12.6 Å². The predicted molar refractivity (Wildman–Crippen MR) is 59.7 cm³/mol. The maximum absolute atomic E-state index is 13.5. The van der Waals surface area contributed by atoms with Gasteiger partial charge in [-0.15, -0.1) is 0 Å². The number of halogens is 2. The van der Waals surface area contributed by atoms with Gasteiger partial charge in [0.25, 0.3) is 0 Å². The van der Waals surface area contributed by atoms with Crippen molar-refractivity contribution in [2.45, 2.75) is 19.4 Å². The summed E-state index contributed by atoms with van der Waals surface area (Å²) in [5.74, 6) is -1.20. The molecule has 92 valence electrons. The molecule has 0 saturated carbocycles. The van der Waals surface area contributed by atoms with E-state index in [1.165, 1.54) is 7.11 Å². The van der Waals surface area contributed by atoms with Gasteiger partial charge in [-0.05, 0) is 25.0 Å². The van der Waals surface area contributed by atoms with Crippen LogP contribution in [0, 0.1) is 23.0 Å². The normalized spacial score (nSPS) is 11.9. The molecule has 0 fully saturated rings. The second-order valence-electron chi connectivity index (χ2n) is 3.63. The first kappa shape index (κ1) is 13.4. The molecule has 1 rings (SSSR count). The maximum atomic E-state index is 13.5. The summed E-state index contributed by atoms with van der Waals surface area (Å²) in [5.41, 5.74) is 0.265. The predicted octanol–water partition coefficient (Wildman–Crippen LogP) is 2.02. The van der Waals surface area contributed by atoms with Gasteiger partial charge in [-0.25, -0.2) is 8.78 Å². The Morgan fingerprint density at radius 2 is 2.12 bits per heavy atom. The van der Waals surface area contributed by atoms with Gasteiger partial charge in [-0.1, -0.05) is 0 Å². The van der Waals surface area contributed by atoms with Crippen molar-refractivity contribution in [1.82, 2.24) is 5.32 Å². The molecule has 0 amide bonds. The summed E-state index contributed by atoms with van der Waals surface area (Å²) >= 11 is 0. The lowest BCUT2D eigenvalue weighted by Crippen LogP contribution is -2.26. The van der Waals surface area contributed by atoms with E-state index in [0.29, 0.717) is 13.0 Å². The highest BCUT2D eigenvalue weighted by Crippen LogP contribution is 2.21. The molecular formula is C12H14F2N2O. The van der Waals surface area contributed by atoms with Crippen LogP contribution in [-0.4, -0.2) is 19.7 Å². The summed E-state index contributed by atoms with van der Waals surface area (Å²) in [5, 5.41) is 11.4. The van der Waals surface area contributed by atoms with Gasteiger partial charge in [0.05, 0.1) is 19.2 Å². The van der Waals surface area contributed by atoms with Gasteiger partial charge in [0.2, 0.25) is 0 Å². The average molecular weight is 240 g/mol. The van der Waals surface area contributed by atoms with E-state index in [1.807, 2.05) is 6.07 Å². The number of nitrogens with one attached hydrogen (secondary N) is 1. The number of nitriles is 1. The highest BCUT2D eigenvalue weighted by Gasteiger charge is 2.10. The van der Waals surface area contributed by atoms with Crippen LogP contribution in [-0.2, 0) is 6.42 Å². The third kappa shape index (κ3) is 3.68. The van der Waals surface area contributed by atoms with Gasteiger partial charge in [0.15, 0.2) is 11.6 Å². The zero-order valence-electron chi connectivity index (χ0n) is 9.76. The maximum Gasteiger partial charge on any atom is 0.165 e. The van der Waals surface area contributed by atoms with E-state index in [4.69, 9.17) is 5.26 Å². The Bertz CT molecular complexity index is 429. The number of methoxy groups -OCH3 is 1. The molecule has 0 aromatic heterocycles. The molecule has 0 saturated heterocycles. The molecule has 1 aromatic rings. The van der Waals surface area contributed by atoms with Crippen molar-refractivity contribution in [2.24, 2.45) is 0 Å². The van der Waals surface area contributed by atoms with Crippen molar-refractivity contribution in [1.29, 1.82) is 5.26 Å². The summed E-state index contributed by atoms with van der Waals surface area (Å²) in [6, 6.07) is 3.84. The molecule has 1 aromatic carbocycles. The number of ether oxygens (including phenoxy) is 1. The molecule has 0 radical (unpaired) electrons. The van der Waals surface area contributed by atoms with Crippen molar-refractivity contribution in [3.8, 4) is 11.8 Å². The summed E-state index contributed by atoms with van der Waals surface area (Å²) in [7, 11) is 1.29. The number of hydrogen-bond donors (Lipinski definition) is 1. The van der Waals surface area contributed by atoms with Gasteiger partial charge < -0.3 is 10.1 Å². The lowest BCUT2D eigenvalue weighted by molar-refractivity contribution is 0.381. The molecule has 0 aliphatic heterocycles. The first-order chi connectivity index (χ1) is 8.08. The Kier molecular flexibility index (Phi) is 4.85. The highest BCUT2D eigenvalue weighted by molar-refractivity contribution is 5.31. The Morgan fingerprint density at radius 1 is 1.41 bits per heavy atom. The van der Waals surface area contributed by atoms with Gasteiger partial charge in [0.1, 0.15) is 5.82 Å². The fourth-order valence-electron chi connectivity index (χ4n) is 1.39. The van der Waals surface area contributed by atoms with Gasteiger partial charge >= 0.3 is 0 Å². The Labute approximate surface area is 99.0 Å². The lowest BCUT2D eigenvalue weighted by Gasteiger charge is -2.09. The van der Waals surface area contributed by atoms with E-state index in [9.17, 15) is 8.78 Å². The van der Waals surface area contributed by atoms with Crippen LogP contribution in [0.3, 0.4) is 0 Å². The summed E-state index contributed by atoms with van der Waals surface area (Å²) in [4.78, 5) is 0. The fourth-order valence-corrected chi connectivity index (χ4v) is 1.39. The highest BCUT2D eigenvalue weighted by atomic mass is 19.1. The van der Waals surface area contributed by atoms with Crippen LogP contribution in [0.15, 0.2) is 12.1 Å². The Balaban J connectivity index is 2.66. The monoisotopic (exact) mass is 240 g/mol. The van der Waals surface area contributed by atoms with Crippen LogP contribution in [0.1, 0.15) is 12.5 Å². The number of benzene rings is 1. The summed E-state index contributed by atoms with van der Waals surface area (Å²) in [6.07, 6.45) is 0.318. The number of nitrogens with zero attached hydrogens (tertiary/aromatic N) is 1. The van der Waals surface area contributed by atoms with Crippen LogP contribution in [0.5, 0.6) is 5.75 Å². The van der Waals surface area contributed by atoms with Gasteiger partial charge in [-0.3, -0.25) is 0 Å². The molecule has 5 heteroatoms. The molecule has 3 nitrogen and oxygen atoms in total. The molecule has 0 heterocycles. The lowest BCUT2D eigenvalue weighted by atomic mass is 10.1. The second kappa shape index (κ2) is 6.16.